The Morgan fingerprint density at radius 2 is 1.55 bits per heavy atom. The minimum atomic E-state index is -4.70. The number of Topliss-reactive ketones (excluding diaryl/α,β-unsaturated/α-hetero) is 1. The number of hydrogen-bond acceptors (Lipinski definition) is 6. The molecular formula is C23H31F3N2O5. The number of esters is 1. The lowest BCUT2D eigenvalue weighted by atomic mass is 9.73. The highest BCUT2D eigenvalue weighted by Crippen LogP contribution is 2.39. The van der Waals surface area contributed by atoms with E-state index < -0.39 is 46.3 Å². The molecule has 0 atom stereocenters. The molecule has 1 aliphatic rings. The van der Waals surface area contributed by atoms with E-state index >= 15 is 0 Å². The molecule has 0 aromatic carbocycles. The number of rotatable bonds is 4. The van der Waals surface area contributed by atoms with Gasteiger partial charge in [-0.05, 0) is 66.5 Å². The molecule has 0 N–H and O–H groups in total. The molecule has 0 unspecified atom stereocenters. The van der Waals surface area contributed by atoms with Gasteiger partial charge in [0, 0.05) is 31.3 Å². The third kappa shape index (κ3) is 7.43. The van der Waals surface area contributed by atoms with Crippen molar-refractivity contribution in [3.8, 4) is 0 Å². The van der Waals surface area contributed by atoms with E-state index in [1.807, 2.05) is 0 Å². The van der Waals surface area contributed by atoms with Gasteiger partial charge in [-0.3, -0.25) is 14.6 Å². The third-order valence-electron chi connectivity index (χ3n) is 5.08. The molecule has 1 amide bonds. The van der Waals surface area contributed by atoms with Crippen molar-refractivity contribution >= 4 is 17.8 Å². The molecule has 0 aliphatic carbocycles. The fraction of sp³-hybridized carbons (Fsp3) is 0.652. The van der Waals surface area contributed by atoms with Crippen molar-refractivity contribution in [2.45, 2.75) is 78.2 Å². The van der Waals surface area contributed by atoms with Crippen molar-refractivity contribution in [3.63, 3.8) is 0 Å². The maximum Gasteiger partial charge on any atom is 0.433 e. The highest BCUT2D eigenvalue weighted by molar-refractivity contribution is 5.99. The van der Waals surface area contributed by atoms with E-state index in [1.54, 1.807) is 41.5 Å². The number of carbonyl (C=O) groups is 3. The predicted octanol–water partition coefficient (Wildman–Crippen LogP) is 5.03. The van der Waals surface area contributed by atoms with E-state index in [2.05, 4.69) is 4.98 Å². The number of hydrogen-bond donors (Lipinski definition) is 0. The Labute approximate surface area is 191 Å². The number of ketones is 1. The number of halogens is 3. The van der Waals surface area contributed by atoms with Crippen LogP contribution in [0.4, 0.5) is 18.0 Å². The van der Waals surface area contributed by atoms with E-state index in [0.29, 0.717) is 6.07 Å². The fourth-order valence-corrected chi connectivity index (χ4v) is 3.45. The lowest BCUT2D eigenvalue weighted by Gasteiger charge is -2.41. The SMILES string of the molecule is CC(C)(C)OC(=O)N1CCC(CC(=O)c2ccnc(C(F)(F)F)c2)(C(=O)OC(C)(C)C)CC1. The maximum atomic E-state index is 13.1. The first-order valence-corrected chi connectivity index (χ1v) is 10.7. The molecule has 0 bridgehead atoms. The van der Waals surface area contributed by atoms with Gasteiger partial charge < -0.3 is 14.4 Å². The third-order valence-corrected chi connectivity index (χ3v) is 5.08. The number of aromatic nitrogens is 1. The van der Waals surface area contributed by atoms with Crippen molar-refractivity contribution in [1.29, 1.82) is 0 Å². The van der Waals surface area contributed by atoms with Gasteiger partial charge in [0.1, 0.15) is 16.9 Å². The second-order valence-electron chi connectivity index (χ2n) is 10.3. The summed E-state index contributed by atoms with van der Waals surface area (Å²) in [6.45, 7) is 10.6. The largest absolute Gasteiger partial charge is 0.460 e. The Kier molecular flexibility index (Phi) is 7.50. The van der Waals surface area contributed by atoms with E-state index in [9.17, 15) is 27.6 Å². The molecule has 1 aromatic heterocycles. The van der Waals surface area contributed by atoms with Gasteiger partial charge in [0.05, 0.1) is 5.41 Å². The Bertz CT molecular complexity index is 893. The lowest BCUT2D eigenvalue weighted by molar-refractivity contribution is -0.170. The standard InChI is InChI=1S/C23H31F3N2O5/c1-20(2,3)32-18(30)22(8-11-28(12-9-22)19(31)33-21(4,5)6)14-16(29)15-7-10-27-17(13-15)23(24,25)26/h7,10,13H,8-9,11-12,14H2,1-6H3. The predicted molar refractivity (Wildman–Crippen MR) is 114 cm³/mol. The van der Waals surface area contributed by atoms with Crippen molar-refractivity contribution in [1.82, 2.24) is 9.88 Å². The summed E-state index contributed by atoms with van der Waals surface area (Å²) >= 11 is 0. The highest BCUT2D eigenvalue weighted by atomic mass is 19.4. The van der Waals surface area contributed by atoms with Crippen molar-refractivity contribution in [2.24, 2.45) is 5.41 Å². The monoisotopic (exact) mass is 472 g/mol. The van der Waals surface area contributed by atoms with Crippen LogP contribution in [0, 0.1) is 5.41 Å². The van der Waals surface area contributed by atoms with E-state index in [1.165, 1.54) is 11.0 Å². The van der Waals surface area contributed by atoms with Crippen LogP contribution in [0.25, 0.3) is 0 Å². The van der Waals surface area contributed by atoms with E-state index in [4.69, 9.17) is 9.47 Å². The first-order chi connectivity index (χ1) is 14.9. The minimum absolute atomic E-state index is 0.115. The van der Waals surface area contributed by atoms with Crippen molar-refractivity contribution in [2.75, 3.05) is 13.1 Å². The topological polar surface area (TPSA) is 85.8 Å². The minimum Gasteiger partial charge on any atom is -0.460 e. The molecule has 0 saturated carbocycles. The van der Waals surface area contributed by atoms with E-state index in [-0.39, 0.29) is 37.9 Å². The number of piperidine rings is 1. The van der Waals surface area contributed by atoms with Gasteiger partial charge in [-0.25, -0.2) is 4.79 Å². The number of carbonyl (C=O) groups excluding carboxylic acids is 3. The first-order valence-electron chi connectivity index (χ1n) is 10.7. The summed E-state index contributed by atoms with van der Waals surface area (Å²) in [5.74, 6) is -1.24. The van der Waals surface area contributed by atoms with Crippen LogP contribution >= 0.6 is 0 Å². The second-order valence-corrected chi connectivity index (χ2v) is 10.3. The average Bonchev–Trinajstić information content (AvgIpc) is 2.65. The molecule has 1 saturated heterocycles. The zero-order chi connectivity index (χ0) is 25.2. The molecular weight excluding hydrogens is 441 g/mol. The van der Waals surface area contributed by atoms with Crippen molar-refractivity contribution in [3.05, 3.63) is 29.6 Å². The summed E-state index contributed by atoms with van der Waals surface area (Å²) in [5, 5.41) is 0. The zero-order valence-corrected chi connectivity index (χ0v) is 19.8. The quantitative estimate of drug-likeness (QED) is 0.451. The summed E-state index contributed by atoms with van der Waals surface area (Å²) in [6, 6.07) is 1.87. The molecule has 1 aliphatic heterocycles. The molecule has 1 aromatic rings. The molecule has 0 radical (unpaired) electrons. The molecule has 184 valence electrons. The molecule has 0 spiro atoms. The Balaban J connectivity index is 2.26. The smallest absolute Gasteiger partial charge is 0.433 e. The van der Waals surface area contributed by atoms with Gasteiger partial charge in [-0.2, -0.15) is 13.2 Å². The lowest BCUT2D eigenvalue weighted by Crippen LogP contribution is -2.50. The number of alkyl halides is 3. The normalized spacial score (nSPS) is 16.8. The summed E-state index contributed by atoms with van der Waals surface area (Å²) in [4.78, 5) is 43.2. The number of nitrogens with zero attached hydrogens (tertiary/aromatic N) is 2. The summed E-state index contributed by atoms with van der Waals surface area (Å²) < 4.78 is 50.0. The van der Waals surface area contributed by atoms with Crippen LogP contribution in [0.1, 0.15) is 76.9 Å². The van der Waals surface area contributed by atoms with Crippen LogP contribution in [-0.2, 0) is 20.4 Å². The van der Waals surface area contributed by atoms with Gasteiger partial charge in [0.2, 0.25) is 0 Å². The zero-order valence-electron chi connectivity index (χ0n) is 19.8. The van der Waals surface area contributed by atoms with Gasteiger partial charge in [0.25, 0.3) is 0 Å². The number of amides is 1. The van der Waals surface area contributed by atoms with Gasteiger partial charge in [0.15, 0.2) is 5.78 Å². The van der Waals surface area contributed by atoms with Crippen LogP contribution in [0.3, 0.4) is 0 Å². The van der Waals surface area contributed by atoms with Gasteiger partial charge in [-0.1, -0.05) is 0 Å². The average molecular weight is 473 g/mol. The van der Waals surface area contributed by atoms with E-state index in [0.717, 1.165) is 6.20 Å². The van der Waals surface area contributed by atoms with Crippen LogP contribution in [0.5, 0.6) is 0 Å². The Hall–Kier alpha value is -2.65. The number of likely N-dealkylation sites (tertiary alicyclic amines) is 1. The fourth-order valence-electron chi connectivity index (χ4n) is 3.45. The van der Waals surface area contributed by atoms with Crippen molar-refractivity contribution < 1.29 is 37.0 Å². The second kappa shape index (κ2) is 9.30. The highest BCUT2D eigenvalue weighted by Gasteiger charge is 2.47. The maximum absolute atomic E-state index is 13.1. The van der Waals surface area contributed by atoms with Gasteiger partial charge >= 0.3 is 18.2 Å². The Morgan fingerprint density at radius 3 is 2.03 bits per heavy atom. The van der Waals surface area contributed by atoms with Crippen LogP contribution in [-0.4, -0.2) is 52.0 Å². The summed E-state index contributed by atoms with van der Waals surface area (Å²) in [6.07, 6.45) is -4.42. The molecule has 2 heterocycles. The van der Waals surface area contributed by atoms with Gasteiger partial charge in [-0.15, -0.1) is 0 Å². The molecule has 7 nitrogen and oxygen atoms in total. The molecule has 10 heteroatoms. The first kappa shape index (κ1) is 26.6. The van der Waals surface area contributed by atoms with Crippen LogP contribution in [0.2, 0.25) is 0 Å². The van der Waals surface area contributed by atoms with Crippen LogP contribution in [0.15, 0.2) is 18.3 Å². The number of pyridine rings is 1. The summed E-state index contributed by atoms with van der Waals surface area (Å²) in [7, 11) is 0. The number of ether oxygens (including phenoxy) is 2. The molecule has 1 fully saturated rings. The molecule has 33 heavy (non-hydrogen) atoms. The Morgan fingerprint density at radius 1 is 1.00 bits per heavy atom. The molecule has 2 rings (SSSR count). The van der Waals surface area contributed by atoms with Crippen LogP contribution < -0.4 is 0 Å². The summed E-state index contributed by atoms with van der Waals surface area (Å²) in [5.41, 5.74) is -4.15.